The first-order valence-corrected chi connectivity index (χ1v) is 6.68. The summed E-state index contributed by atoms with van der Waals surface area (Å²) >= 11 is 0. The number of nitro groups is 1. The molecule has 22 heavy (non-hydrogen) atoms. The predicted molar refractivity (Wildman–Crippen MR) is 77.8 cm³/mol. The van der Waals surface area contributed by atoms with Gasteiger partial charge in [0.05, 0.1) is 17.6 Å². The minimum Gasteiger partial charge on any atom is -0.477 e. The number of carbonyl (C=O) groups excluding carboxylic acids is 2. The maximum atomic E-state index is 11.6. The molecule has 0 fully saturated rings. The molecule has 1 atom stereocenters. The Hall–Kier alpha value is -2.64. The quantitative estimate of drug-likeness (QED) is 0.466. The third-order valence-corrected chi connectivity index (χ3v) is 2.96. The molecule has 0 saturated carbocycles. The molecule has 1 rings (SSSR count). The second-order valence-corrected chi connectivity index (χ2v) is 4.60. The summed E-state index contributed by atoms with van der Waals surface area (Å²) in [6, 6.07) is 3.64. The molecular weight excluding hydrogens is 292 g/mol. The smallest absolute Gasteiger partial charge is 0.338 e. The van der Waals surface area contributed by atoms with Gasteiger partial charge in [-0.05, 0) is 25.5 Å². The first-order valence-electron chi connectivity index (χ1n) is 6.68. The summed E-state index contributed by atoms with van der Waals surface area (Å²) in [5.74, 6) is -1.15. The van der Waals surface area contributed by atoms with Crippen molar-refractivity contribution < 1.29 is 24.0 Å². The van der Waals surface area contributed by atoms with Crippen molar-refractivity contribution >= 4 is 17.6 Å². The Morgan fingerprint density at radius 1 is 1.41 bits per heavy atom. The van der Waals surface area contributed by atoms with Gasteiger partial charge in [0.15, 0.2) is 12.4 Å². The number of nitro benzene ring substituents is 1. The zero-order valence-corrected chi connectivity index (χ0v) is 12.6. The molecular formula is C14H18N2O6. The average Bonchev–Trinajstić information content (AvgIpc) is 2.51. The molecule has 1 amide bonds. The van der Waals surface area contributed by atoms with Crippen molar-refractivity contribution in [2.75, 3.05) is 13.7 Å². The zero-order chi connectivity index (χ0) is 16.7. The fraction of sp³-hybridized carbons (Fsp3) is 0.429. The van der Waals surface area contributed by atoms with Gasteiger partial charge in [-0.2, -0.15) is 0 Å². The average molecular weight is 310 g/mol. The van der Waals surface area contributed by atoms with E-state index in [4.69, 9.17) is 4.74 Å². The number of rotatable bonds is 7. The summed E-state index contributed by atoms with van der Waals surface area (Å²) in [6.45, 7) is 3.41. The van der Waals surface area contributed by atoms with Crippen LogP contribution in [0.1, 0.15) is 30.6 Å². The number of ether oxygens (including phenoxy) is 2. The van der Waals surface area contributed by atoms with Gasteiger partial charge >= 0.3 is 11.7 Å². The van der Waals surface area contributed by atoms with Gasteiger partial charge in [-0.3, -0.25) is 14.9 Å². The topological polar surface area (TPSA) is 108 Å². The maximum absolute atomic E-state index is 11.6. The Balaban J connectivity index is 2.84. The number of nitrogens with zero attached hydrogens (tertiary/aromatic N) is 1. The number of methoxy groups -OCH3 is 1. The molecule has 0 spiro atoms. The summed E-state index contributed by atoms with van der Waals surface area (Å²) in [5, 5.41) is 13.7. The highest BCUT2D eigenvalue weighted by atomic mass is 16.6. The van der Waals surface area contributed by atoms with E-state index in [9.17, 15) is 19.7 Å². The van der Waals surface area contributed by atoms with Crippen LogP contribution in [0.5, 0.6) is 5.75 Å². The summed E-state index contributed by atoms with van der Waals surface area (Å²) in [7, 11) is 1.18. The highest BCUT2D eigenvalue weighted by Crippen LogP contribution is 2.28. The molecule has 8 heteroatoms. The van der Waals surface area contributed by atoms with E-state index in [1.165, 1.54) is 19.2 Å². The molecule has 0 saturated heterocycles. The van der Waals surface area contributed by atoms with Crippen LogP contribution >= 0.6 is 0 Å². The zero-order valence-electron chi connectivity index (χ0n) is 12.6. The second kappa shape index (κ2) is 7.96. The van der Waals surface area contributed by atoms with Crippen molar-refractivity contribution in [3.63, 3.8) is 0 Å². The number of hydrogen-bond acceptors (Lipinski definition) is 6. The molecule has 120 valence electrons. The van der Waals surface area contributed by atoms with E-state index in [2.05, 4.69) is 10.1 Å². The minimum absolute atomic E-state index is 0.00668. The molecule has 0 radical (unpaired) electrons. The van der Waals surface area contributed by atoms with Crippen molar-refractivity contribution in [1.82, 2.24) is 5.32 Å². The van der Waals surface area contributed by atoms with Crippen molar-refractivity contribution in [2.24, 2.45) is 0 Å². The van der Waals surface area contributed by atoms with Gasteiger partial charge in [0.2, 0.25) is 0 Å². The van der Waals surface area contributed by atoms with Crippen LogP contribution in [-0.2, 0) is 9.53 Å². The highest BCUT2D eigenvalue weighted by Gasteiger charge is 2.20. The molecule has 0 aliphatic carbocycles. The molecule has 0 aliphatic rings. The molecule has 8 nitrogen and oxygen atoms in total. The lowest BCUT2D eigenvalue weighted by Crippen LogP contribution is -2.35. The molecule has 0 aliphatic heterocycles. The predicted octanol–water partition coefficient (Wildman–Crippen LogP) is 1.67. The van der Waals surface area contributed by atoms with Crippen LogP contribution in [-0.4, -0.2) is 36.6 Å². The largest absolute Gasteiger partial charge is 0.477 e. The Morgan fingerprint density at radius 2 is 2.09 bits per heavy atom. The van der Waals surface area contributed by atoms with E-state index < -0.39 is 16.6 Å². The number of benzene rings is 1. The van der Waals surface area contributed by atoms with Crippen LogP contribution in [0.25, 0.3) is 0 Å². The van der Waals surface area contributed by atoms with E-state index >= 15 is 0 Å². The van der Waals surface area contributed by atoms with Crippen LogP contribution in [0.15, 0.2) is 18.2 Å². The second-order valence-electron chi connectivity index (χ2n) is 4.60. The van der Waals surface area contributed by atoms with E-state index in [1.807, 2.05) is 13.8 Å². The fourth-order valence-electron chi connectivity index (χ4n) is 1.59. The normalized spacial score (nSPS) is 11.4. The molecule has 0 bridgehead atoms. The molecule has 1 N–H and O–H groups in total. The number of carbonyl (C=O) groups is 2. The van der Waals surface area contributed by atoms with Gasteiger partial charge in [-0.15, -0.1) is 0 Å². The molecule has 0 heterocycles. The van der Waals surface area contributed by atoms with Crippen molar-refractivity contribution in [3.8, 4) is 5.75 Å². The van der Waals surface area contributed by atoms with Gasteiger partial charge in [0.1, 0.15) is 0 Å². The van der Waals surface area contributed by atoms with Crippen molar-refractivity contribution in [1.29, 1.82) is 0 Å². The monoisotopic (exact) mass is 310 g/mol. The lowest BCUT2D eigenvalue weighted by Gasteiger charge is -2.12. The molecule has 1 aromatic rings. The third-order valence-electron chi connectivity index (χ3n) is 2.96. The van der Waals surface area contributed by atoms with Gasteiger partial charge in [0.25, 0.3) is 5.91 Å². The van der Waals surface area contributed by atoms with E-state index in [0.717, 1.165) is 12.5 Å². The van der Waals surface area contributed by atoms with Crippen molar-refractivity contribution in [2.45, 2.75) is 26.3 Å². The number of esters is 1. The summed E-state index contributed by atoms with van der Waals surface area (Å²) in [5.41, 5.74) is -0.371. The molecule has 0 aromatic heterocycles. The van der Waals surface area contributed by atoms with Gasteiger partial charge in [0, 0.05) is 12.1 Å². The Bertz CT molecular complexity index is 572. The van der Waals surface area contributed by atoms with Crippen LogP contribution in [0.2, 0.25) is 0 Å². The van der Waals surface area contributed by atoms with Gasteiger partial charge in [-0.25, -0.2) is 4.79 Å². The number of amides is 1. The highest BCUT2D eigenvalue weighted by molar-refractivity contribution is 5.90. The summed E-state index contributed by atoms with van der Waals surface area (Å²) in [4.78, 5) is 33.3. The Morgan fingerprint density at radius 3 is 2.64 bits per heavy atom. The molecule has 1 aromatic carbocycles. The van der Waals surface area contributed by atoms with E-state index in [1.54, 1.807) is 0 Å². The van der Waals surface area contributed by atoms with E-state index in [0.29, 0.717) is 0 Å². The standard InChI is InChI=1S/C14H18N2O6/c1-4-9(2)15-13(17)8-22-12-6-5-10(14(18)21-3)7-11(12)16(19)20/h5-7,9H,4,8H2,1-3H3,(H,15,17)/t9-/m0/s1. The molecule has 0 unspecified atom stereocenters. The van der Waals surface area contributed by atoms with Crippen LogP contribution in [0.3, 0.4) is 0 Å². The lowest BCUT2D eigenvalue weighted by atomic mass is 10.2. The van der Waals surface area contributed by atoms with Crippen LogP contribution < -0.4 is 10.1 Å². The number of hydrogen-bond donors (Lipinski definition) is 1. The van der Waals surface area contributed by atoms with Gasteiger partial charge < -0.3 is 14.8 Å². The first kappa shape index (κ1) is 17.4. The minimum atomic E-state index is -0.691. The number of nitrogens with one attached hydrogen (secondary N) is 1. The third kappa shape index (κ3) is 4.72. The maximum Gasteiger partial charge on any atom is 0.338 e. The van der Waals surface area contributed by atoms with Crippen LogP contribution in [0, 0.1) is 10.1 Å². The summed E-state index contributed by atoms with van der Waals surface area (Å²) in [6.07, 6.45) is 0.764. The SMILES string of the molecule is CC[C@H](C)NC(=O)COc1ccc(C(=O)OC)cc1[N+](=O)[O-]. The van der Waals surface area contributed by atoms with Crippen molar-refractivity contribution in [3.05, 3.63) is 33.9 Å². The fourth-order valence-corrected chi connectivity index (χ4v) is 1.59. The van der Waals surface area contributed by atoms with Crippen LogP contribution in [0.4, 0.5) is 5.69 Å². The van der Waals surface area contributed by atoms with E-state index in [-0.39, 0.29) is 29.9 Å². The summed E-state index contributed by atoms with van der Waals surface area (Å²) < 4.78 is 9.67. The Kier molecular flexibility index (Phi) is 6.30. The lowest BCUT2D eigenvalue weighted by molar-refractivity contribution is -0.385. The first-order chi connectivity index (χ1) is 10.4. The van der Waals surface area contributed by atoms with Gasteiger partial charge in [-0.1, -0.05) is 6.92 Å². The Labute approximate surface area is 127 Å².